The van der Waals surface area contributed by atoms with E-state index in [4.69, 9.17) is 5.73 Å². The van der Waals surface area contributed by atoms with Crippen molar-refractivity contribution in [2.24, 2.45) is 5.92 Å². The number of nitrogen functional groups attached to an aromatic ring is 1. The number of piperidine rings is 1. The van der Waals surface area contributed by atoms with E-state index >= 15 is 0 Å². The molecule has 1 aromatic rings. The Morgan fingerprint density at radius 2 is 2.35 bits per heavy atom. The summed E-state index contributed by atoms with van der Waals surface area (Å²) in [5.74, 6) is -0.461. The minimum Gasteiger partial charge on any atom is -0.393 e. The van der Waals surface area contributed by atoms with Crippen LogP contribution in [0.25, 0.3) is 0 Å². The van der Waals surface area contributed by atoms with E-state index in [0.717, 1.165) is 12.3 Å². The van der Waals surface area contributed by atoms with Gasteiger partial charge in [0.15, 0.2) is 0 Å². The van der Waals surface area contributed by atoms with Gasteiger partial charge < -0.3 is 15.7 Å². The van der Waals surface area contributed by atoms with Gasteiger partial charge in [0.2, 0.25) is 0 Å². The molecule has 0 aliphatic carbocycles. The van der Waals surface area contributed by atoms with E-state index in [2.05, 4.69) is 4.98 Å². The fourth-order valence-electron chi connectivity index (χ4n) is 2.22. The number of likely N-dealkylation sites (tertiary alicyclic amines) is 1. The van der Waals surface area contributed by atoms with Crippen molar-refractivity contribution in [1.29, 1.82) is 0 Å². The number of nitrogens with two attached hydrogens (primary N) is 1. The first-order chi connectivity index (χ1) is 9.40. The molecule has 0 aromatic carbocycles. The molecular weight excluding hydrogens is 264 g/mol. The largest absolute Gasteiger partial charge is 0.393 e. The van der Waals surface area contributed by atoms with E-state index in [1.165, 1.54) is 4.90 Å². The van der Waals surface area contributed by atoms with Gasteiger partial charge in [0.05, 0.1) is 16.6 Å². The maximum Gasteiger partial charge on any atom is 0.288 e. The van der Waals surface area contributed by atoms with Crippen molar-refractivity contribution < 1.29 is 14.8 Å². The topological polar surface area (TPSA) is 123 Å². The average molecular weight is 280 g/mol. The van der Waals surface area contributed by atoms with Crippen molar-refractivity contribution >= 4 is 17.4 Å². The van der Waals surface area contributed by atoms with E-state index < -0.39 is 16.9 Å². The highest BCUT2D eigenvalue weighted by Crippen LogP contribution is 2.22. The Labute approximate surface area is 115 Å². The Bertz CT molecular complexity index is 548. The number of pyridine rings is 1. The number of hydrogen-bond donors (Lipinski definition) is 2. The third kappa shape index (κ3) is 2.69. The first-order valence-electron chi connectivity index (χ1n) is 6.27. The summed E-state index contributed by atoms with van der Waals surface area (Å²) in [6, 6.07) is 1.14. The van der Waals surface area contributed by atoms with E-state index in [0.29, 0.717) is 19.5 Å². The second-order valence-corrected chi connectivity index (χ2v) is 4.97. The Morgan fingerprint density at radius 1 is 1.65 bits per heavy atom. The van der Waals surface area contributed by atoms with Gasteiger partial charge in [0, 0.05) is 19.2 Å². The first kappa shape index (κ1) is 14.2. The van der Waals surface area contributed by atoms with Gasteiger partial charge in [-0.2, -0.15) is 0 Å². The predicted octanol–water partition coefficient (Wildman–Crippen LogP) is 0.415. The highest BCUT2D eigenvalue weighted by molar-refractivity contribution is 5.98. The quantitative estimate of drug-likeness (QED) is 0.597. The molecule has 1 aromatic heterocycles. The highest BCUT2D eigenvalue weighted by Gasteiger charge is 2.29. The summed E-state index contributed by atoms with van der Waals surface area (Å²) >= 11 is 0. The lowest BCUT2D eigenvalue weighted by Crippen LogP contribution is -2.45. The number of carbonyl (C=O) groups excluding carboxylic acids is 1. The van der Waals surface area contributed by atoms with Crippen LogP contribution < -0.4 is 5.73 Å². The molecule has 2 heterocycles. The molecule has 0 bridgehead atoms. The standard InChI is InChI=1S/C12H16N4O4/c1-7-6-15(3-2-10(7)17)12(18)9-4-8(16(19)20)5-14-11(9)13/h4-5,7,10,17H,2-3,6H2,1H3,(H2,13,14). The van der Waals surface area contributed by atoms with Gasteiger partial charge in [0.1, 0.15) is 12.0 Å². The number of rotatable bonds is 2. The van der Waals surface area contributed by atoms with E-state index in [9.17, 15) is 20.0 Å². The van der Waals surface area contributed by atoms with Crippen LogP contribution in [0.3, 0.4) is 0 Å². The van der Waals surface area contributed by atoms with Gasteiger partial charge >= 0.3 is 0 Å². The van der Waals surface area contributed by atoms with Gasteiger partial charge in [-0.3, -0.25) is 14.9 Å². The van der Waals surface area contributed by atoms with Gasteiger partial charge in [-0.15, -0.1) is 0 Å². The average Bonchev–Trinajstić information content (AvgIpc) is 2.41. The molecule has 8 heteroatoms. The van der Waals surface area contributed by atoms with E-state index in [1.807, 2.05) is 6.92 Å². The van der Waals surface area contributed by atoms with E-state index in [1.54, 1.807) is 0 Å². The third-order valence-electron chi connectivity index (χ3n) is 3.49. The molecule has 2 unspecified atom stereocenters. The zero-order valence-corrected chi connectivity index (χ0v) is 11.0. The van der Waals surface area contributed by atoms with Gasteiger partial charge in [-0.05, 0) is 12.3 Å². The number of hydrogen-bond acceptors (Lipinski definition) is 6. The number of nitro groups is 1. The minimum atomic E-state index is -0.619. The van der Waals surface area contributed by atoms with Crippen molar-refractivity contribution in [3.63, 3.8) is 0 Å². The summed E-state index contributed by atoms with van der Waals surface area (Å²) in [5.41, 5.74) is 5.39. The molecule has 0 spiro atoms. The molecular formula is C12H16N4O4. The molecule has 0 radical (unpaired) electrons. The molecule has 20 heavy (non-hydrogen) atoms. The number of nitrogens with zero attached hydrogens (tertiary/aromatic N) is 3. The number of aliphatic hydroxyl groups is 1. The normalized spacial score (nSPS) is 22.6. The van der Waals surface area contributed by atoms with Crippen LogP contribution in [0.1, 0.15) is 23.7 Å². The monoisotopic (exact) mass is 280 g/mol. The molecule has 2 rings (SSSR count). The lowest BCUT2D eigenvalue weighted by molar-refractivity contribution is -0.385. The molecule has 0 saturated carbocycles. The number of anilines is 1. The lowest BCUT2D eigenvalue weighted by atomic mass is 9.96. The fraction of sp³-hybridized carbons (Fsp3) is 0.500. The number of aliphatic hydroxyl groups excluding tert-OH is 1. The predicted molar refractivity (Wildman–Crippen MR) is 71.0 cm³/mol. The van der Waals surface area contributed by atoms with Crippen LogP contribution in [-0.2, 0) is 0 Å². The zero-order chi connectivity index (χ0) is 14.9. The molecule has 1 fully saturated rings. The van der Waals surface area contributed by atoms with Gasteiger partial charge in [-0.25, -0.2) is 4.98 Å². The zero-order valence-electron chi connectivity index (χ0n) is 11.0. The Balaban J connectivity index is 2.25. The van der Waals surface area contributed by atoms with Crippen LogP contribution in [-0.4, -0.2) is 45.0 Å². The molecule has 1 aliphatic rings. The molecule has 108 valence electrons. The van der Waals surface area contributed by atoms with Crippen molar-refractivity contribution in [2.45, 2.75) is 19.4 Å². The highest BCUT2D eigenvalue weighted by atomic mass is 16.6. The van der Waals surface area contributed by atoms with Gasteiger partial charge in [-0.1, -0.05) is 6.92 Å². The molecule has 2 atom stereocenters. The fourth-order valence-corrected chi connectivity index (χ4v) is 2.22. The van der Waals surface area contributed by atoms with Crippen molar-refractivity contribution in [2.75, 3.05) is 18.8 Å². The SMILES string of the molecule is CC1CN(C(=O)c2cc([N+](=O)[O-])cnc2N)CCC1O. The van der Waals surface area contributed by atoms with Crippen LogP contribution >= 0.6 is 0 Å². The van der Waals surface area contributed by atoms with Crippen LogP contribution in [0.2, 0.25) is 0 Å². The van der Waals surface area contributed by atoms with E-state index in [-0.39, 0.29) is 23.0 Å². The molecule has 1 aliphatic heterocycles. The van der Waals surface area contributed by atoms with Crippen molar-refractivity contribution in [1.82, 2.24) is 9.88 Å². The number of carbonyl (C=O) groups is 1. The molecule has 1 amide bonds. The van der Waals surface area contributed by atoms with Crippen LogP contribution in [0.15, 0.2) is 12.3 Å². The van der Waals surface area contributed by atoms with Crippen LogP contribution in [0.5, 0.6) is 0 Å². The second kappa shape index (κ2) is 5.41. The maximum absolute atomic E-state index is 12.3. The molecule has 3 N–H and O–H groups in total. The summed E-state index contributed by atoms with van der Waals surface area (Å²) in [6.45, 7) is 2.63. The van der Waals surface area contributed by atoms with Gasteiger partial charge in [0.25, 0.3) is 11.6 Å². The third-order valence-corrected chi connectivity index (χ3v) is 3.49. The summed E-state index contributed by atoms with van der Waals surface area (Å²) in [7, 11) is 0. The summed E-state index contributed by atoms with van der Waals surface area (Å²) in [6.07, 6.45) is 1.07. The first-order valence-corrected chi connectivity index (χ1v) is 6.27. The lowest BCUT2D eigenvalue weighted by Gasteiger charge is -2.34. The summed E-state index contributed by atoms with van der Waals surface area (Å²) in [4.78, 5) is 27.7. The van der Waals surface area contributed by atoms with Crippen LogP contribution in [0.4, 0.5) is 11.5 Å². The molecule has 1 saturated heterocycles. The number of amides is 1. The second-order valence-electron chi connectivity index (χ2n) is 4.97. The Hall–Kier alpha value is -2.22. The summed E-state index contributed by atoms with van der Waals surface area (Å²) < 4.78 is 0. The van der Waals surface area contributed by atoms with Crippen LogP contribution in [0, 0.1) is 16.0 Å². The molecule has 8 nitrogen and oxygen atoms in total. The Kier molecular flexibility index (Phi) is 3.84. The smallest absolute Gasteiger partial charge is 0.288 e. The minimum absolute atomic E-state index is 0.0284. The summed E-state index contributed by atoms with van der Waals surface area (Å²) in [5, 5.41) is 20.4. The number of aromatic nitrogens is 1. The maximum atomic E-state index is 12.3. The van der Waals surface area contributed by atoms with Crippen molar-refractivity contribution in [3.05, 3.63) is 27.9 Å². The van der Waals surface area contributed by atoms with Crippen molar-refractivity contribution in [3.8, 4) is 0 Å². The Morgan fingerprint density at radius 3 is 2.95 bits per heavy atom.